The molecule has 0 bridgehead atoms. The van der Waals surface area contributed by atoms with Crippen LogP contribution in [0.4, 0.5) is 10.7 Å². The third kappa shape index (κ3) is 3.30. The Labute approximate surface area is 123 Å². The Hall–Kier alpha value is -1.56. The second-order valence-electron chi connectivity index (χ2n) is 5.68. The Morgan fingerprint density at radius 2 is 1.80 bits per heavy atom. The number of rotatable bonds is 6. The lowest BCUT2D eigenvalue weighted by Crippen LogP contribution is -2.25. The molecule has 0 aromatic carbocycles. The fourth-order valence-corrected chi connectivity index (χ4v) is 3.30. The van der Waals surface area contributed by atoms with E-state index in [1.165, 1.54) is 11.3 Å². The molecule has 0 aliphatic heterocycles. The molecule has 0 aliphatic rings. The van der Waals surface area contributed by atoms with E-state index in [1.807, 2.05) is 25.8 Å². The van der Waals surface area contributed by atoms with Crippen LogP contribution in [0, 0.1) is 11.8 Å². The van der Waals surface area contributed by atoms with Gasteiger partial charge in [-0.2, -0.15) is 0 Å². The van der Waals surface area contributed by atoms with Crippen molar-refractivity contribution >= 4 is 33.7 Å². The molecule has 5 nitrogen and oxygen atoms in total. The van der Waals surface area contributed by atoms with Gasteiger partial charge >= 0.3 is 0 Å². The summed E-state index contributed by atoms with van der Waals surface area (Å²) in [6.45, 7) is 8.54. The van der Waals surface area contributed by atoms with Crippen molar-refractivity contribution in [3.8, 4) is 0 Å². The van der Waals surface area contributed by atoms with Crippen molar-refractivity contribution < 1.29 is 9.59 Å². The smallest absolute Gasteiger partial charge is 0.253 e. The van der Waals surface area contributed by atoms with E-state index in [2.05, 4.69) is 13.8 Å². The van der Waals surface area contributed by atoms with Gasteiger partial charge in [-0.05, 0) is 5.92 Å². The lowest BCUT2D eigenvalue weighted by atomic mass is 10.1. The summed E-state index contributed by atoms with van der Waals surface area (Å²) in [5.74, 6) is -0.389. The molecule has 112 valence electrons. The van der Waals surface area contributed by atoms with Crippen LogP contribution < -0.4 is 16.4 Å². The number of carbonyl (C=O) groups excluding carboxylic acids is 2. The minimum absolute atomic E-state index is 0.0563. The second kappa shape index (κ2) is 6.26. The number of ketones is 1. The molecule has 0 saturated carbocycles. The normalized spacial score (nSPS) is 11.2. The molecule has 20 heavy (non-hydrogen) atoms. The standard InChI is InChI=1S/C14H23N3O2S/c1-7(2)6-17(5)14-9(13(16)19)10(15)12(20-14)11(18)8(3)4/h7-8H,6,15H2,1-5H3,(H2,16,19). The Kier molecular flexibility index (Phi) is 5.16. The topological polar surface area (TPSA) is 89.4 Å². The second-order valence-corrected chi connectivity index (χ2v) is 6.68. The van der Waals surface area contributed by atoms with E-state index in [-0.39, 0.29) is 23.0 Å². The van der Waals surface area contributed by atoms with Gasteiger partial charge in [-0.1, -0.05) is 27.7 Å². The van der Waals surface area contributed by atoms with Gasteiger partial charge in [-0.25, -0.2) is 0 Å². The summed E-state index contributed by atoms with van der Waals surface area (Å²) in [4.78, 5) is 26.2. The van der Waals surface area contributed by atoms with Crippen LogP contribution in [0.2, 0.25) is 0 Å². The first-order valence-electron chi connectivity index (χ1n) is 6.64. The molecule has 0 spiro atoms. The van der Waals surface area contributed by atoms with E-state index in [4.69, 9.17) is 11.5 Å². The first kappa shape index (κ1) is 16.5. The lowest BCUT2D eigenvalue weighted by molar-refractivity contribution is 0.0944. The molecule has 0 unspecified atom stereocenters. The van der Waals surface area contributed by atoms with Gasteiger partial charge in [0, 0.05) is 19.5 Å². The fourth-order valence-electron chi connectivity index (χ4n) is 2.01. The van der Waals surface area contributed by atoms with Crippen LogP contribution >= 0.6 is 11.3 Å². The number of carbonyl (C=O) groups is 2. The van der Waals surface area contributed by atoms with E-state index >= 15 is 0 Å². The van der Waals surface area contributed by atoms with Crippen molar-refractivity contribution in [3.05, 3.63) is 10.4 Å². The Morgan fingerprint density at radius 3 is 2.20 bits per heavy atom. The van der Waals surface area contributed by atoms with Crippen LogP contribution in [0.25, 0.3) is 0 Å². The highest BCUT2D eigenvalue weighted by molar-refractivity contribution is 7.19. The fraction of sp³-hybridized carbons (Fsp3) is 0.571. The highest BCUT2D eigenvalue weighted by atomic mass is 32.1. The molecule has 0 fully saturated rings. The summed E-state index contributed by atoms with van der Waals surface area (Å²) in [5, 5.41) is 0.674. The van der Waals surface area contributed by atoms with Crippen molar-refractivity contribution in [2.75, 3.05) is 24.2 Å². The number of thiophene rings is 1. The molecule has 0 saturated heterocycles. The maximum absolute atomic E-state index is 12.2. The van der Waals surface area contributed by atoms with Crippen LogP contribution in [-0.4, -0.2) is 25.3 Å². The van der Waals surface area contributed by atoms with E-state index in [0.29, 0.717) is 15.8 Å². The molecule has 6 heteroatoms. The highest BCUT2D eigenvalue weighted by Gasteiger charge is 2.27. The van der Waals surface area contributed by atoms with Crippen LogP contribution in [0.15, 0.2) is 0 Å². The van der Waals surface area contributed by atoms with Crippen LogP contribution in [0.3, 0.4) is 0 Å². The van der Waals surface area contributed by atoms with E-state index in [9.17, 15) is 9.59 Å². The van der Waals surface area contributed by atoms with Gasteiger partial charge in [0.05, 0.1) is 16.1 Å². The number of amides is 1. The number of Topliss-reactive ketones (excluding diaryl/α,β-unsaturated/α-hetero) is 1. The largest absolute Gasteiger partial charge is 0.397 e. The highest BCUT2D eigenvalue weighted by Crippen LogP contribution is 2.39. The molecule has 1 rings (SSSR count). The van der Waals surface area contributed by atoms with Crippen molar-refractivity contribution in [1.29, 1.82) is 0 Å². The SMILES string of the molecule is CC(C)CN(C)c1sc(C(=O)C(C)C)c(N)c1C(N)=O. The number of hydrogen-bond acceptors (Lipinski definition) is 5. The Balaban J connectivity index is 3.33. The van der Waals surface area contributed by atoms with Crippen molar-refractivity contribution in [2.24, 2.45) is 17.6 Å². The van der Waals surface area contributed by atoms with Crippen LogP contribution in [0.1, 0.15) is 47.7 Å². The minimum atomic E-state index is -0.591. The number of primary amides is 1. The number of nitrogens with two attached hydrogens (primary N) is 2. The van der Waals surface area contributed by atoms with Crippen molar-refractivity contribution in [1.82, 2.24) is 0 Å². The molecule has 0 radical (unpaired) electrons. The molecule has 4 N–H and O–H groups in total. The summed E-state index contributed by atoms with van der Waals surface area (Å²) < 4.78 is 0. The van der Waals surface area contributed by atoms with E-state index < -0.39 is 5.91 Å². The predicted molar refractivity (Wildman–Crippen MR) is 84.5 cm³/mol. The third-order valence-electron chi connectivity index (χ3n) is 2.91. The number of hydrogen-bond donors (Lipinski definition) is 2. The van der Waals surface area contributed by atoms with Gasteiger partial charge in [-0.15, -0.1) is 11.3 Å². The summed E-state index contributed by atoms with van der Waals surface area (Å²) in [5.41, 5.74) is 11.9. The van der Waals surface area contributed by atoms with E-state index in [1.54, 1.807) is 0 Å². The Morgan fingerprint density at radius 1 is 1.25 bits per heavy atom. The monoisotopic (exact) mass is 297 g/mol. The van der Waals surface area contributed by atoms with Crippen molar-refractivity contribution in [2.45, 2.75) is 27.7 Å². The number of nitrogen functional groups attached to an aromatic ring is 1. The average molecular weight is 297 g/mol. The zero-order chi connectivity index (χ0) is 15.6. The summed E-state index contributed by atoms with van der Waals surface area (Å²) in [7, 11) is 1.88. The summed E-state index contributed by atoms with van der Waals surface area (Å²) >= 11 is 1.25. The van der Waals surface area contributed by atoms with Gasteiger partial charge in [-0.3, -0.25) is 9.59 Å². The van der Waals surface area contributed by atoms with Crippen LogP contribution in [-0.2, 0) is 0 Å². The summed E-state index contributed by atoms with van der Waals surface area (Å²) in [6, 6.07) is 0. The van der Waals surface area contributed by atoms with Crippen molar-refractivity contribution in [3.63, 3.8) is 0 Å². The molecule has 1 aromatic rings. The zero-order valence-corrected chi connectivity index (χ0v) is 13.5. The number of anilines is 2. The molecular weight excluding hydrogens is 274 g/mol. The van der Waals surface area contributed by atoms with E-state index in [0.717, 1.165) is 6.54 Å². The van der Waals surface area contributed by atoms with Gasteiger partial charge in [0.15, 0.2) is 5.78 Å². The third-order valence-corrected chi connectivity index (χ3v) is 4.24. The first-order chi connectivity index (χ1) is 9.16. The predicted octanol–water partition coefficient (Wildman–Crippen LogP) is 2.36. The first-order valence-corrected chi connectivity index (χ1v) is 7.45. The lowest BCUT2D eigenvalue weighted by Gasteiger charge is -2.20. The Bertz CT molecular complexity index is 521. The molecular formula is C14H23N3O2S. The quantitative estimate of drug-likeness (QED) is 0.789. The van der Waals surface area contributed by atoms with Gasteiger partial charge in [0.2, 0.25) is 0 Å². The molecule has 1 amide bonds. The maximum atomic E-state index is 12.2. The minimum Gasteiger partial charge on any atom is -0.397 e. The van der Waals surface area contributed by atoms with Gasteiger partial charge in [0.25, 0.3) is 5.91 Å². The molecule has 0 aliphatic carbocycles. The maximum Gasteiger partial charge on any atom is 0.253 e. The molecule has 1 heterocycles. The van der Waals surface area contributed by atoms with Gasteiger partial charge < -0.3 is 16.4 Å². The van der Waals surface area contributed by atoms with Crippen LogP contribution in [0.5, 0.6) is 0 Å². The molecule has 1 aromatic heterocycles. The summed E-state index contributed by atoms with van der Waals surface area (Å²) in [6.07, 6.45) is 0. The number of nitrogens with zero attached hydrogens (tertiary/aromatic N) is 1. The van der Waals surface area contributed by atoms with Gasteiger partial charge in [0.1, 0.15) is 5.00 Å². The average Bonchev–Trinajstić information content (AvgIpc) is 2.64. The zero-order valence-electron chi connectivity index (χ0n) is 12.7. The molecule has 0 atom stereocenters.